The summed E-state index contributed by atoms with van der Waals surface area (Å²) in [4.78, 5) is 0. The van der Waals surface area contributed by atoms with Crippen molar-refractivity contribution in [1.82, 2.24) is 0 Å². The van der Waals surface area contributed by atoms with Gasteiger partial charge in [0.1, 0.15) is 5.75 Å². The van der Waals surface area contributed by atoms with E-state index in [9.17, 15) is 0 Å². The molecule has 0 bridgehead atoms. The standard InChI is InChI=1S/C11H15NO/c1-3-10(12)8-9-4-6-11(13-2)7-5-9/h3-7,10H,1,8,12H2,2H3/t10-/m0/s1. The quantitative estimate of drug-likeness (QED) is 0.711. The van der Waals surface area contributed by atoms with Crippen LogP contribution in [0.2, 0.25) is 0 Å². The fourth-order valence-electron chi connectivity index (χ4n) is 1.12. The Morgan fingerprint density at radius 3 is 2.54 bits per heavy atom. The van der Waals surface area contributed by atoms with Crippen molar-refractivity contribution >= 4 is 0 Å². The van der Waals surface area contributed by atoms with Gasteiger partial charge >= 0.3 is 0 Å². The third kappa shape index (κ3) is 2.92. The van der Waals surface area contributed by atoms with Crippen molar-refractivity contribution in [1.29, 1.82) is 0 Å². The zero-order valence-corrected chi connectivity index (χ0v) is 7.86. The van der Waals surface area contributed by atoms with Gasteiger partial charge in [-0.3, -0.25) is 0 Å². The Balaban J connectivity index is 2.63. The lowest BCUT2D eigenvalue weighted by atomic mass is 10.1. The zero-order valence-electron chi connectivity index (χ0n) is 7.86. The van der Waals surface area contributed by atoms with Crippen molar-refractivity contribution < 1.29 is 4.74 Å². The number of hydrogen-bond acceptors (Lipinski definition) is 2. The fraction of sp³-hybridized carbons (Fsp3) is 0.273. The van der Waals surface area contributed by atoms with Crippen molar-refractivity contribution in [3.63, 3.8) is 0 Å². The van der Waals surface area contributed by atoms with Gasteiger partial charge in [-0.1, -0.05) is 18.2 Å². The van der Waals surface area contributed by atoms with Gasteiger partial charge < -0.3 is 10.5 Å². The van der Waals surface area contributed by atoms with Crippen molar-refractivity contribution in [3.8, 4) is 5.75 Å². The van der Waals surface area contributed by atoms with E-state index in [1.54, 1.807) is 13.2 Å². The van der Waals surface area contributed by atoms with Crippen molar-refractivity contribution in [2.24, 2.45) is 5.73 Å². The van der Waals surface area contributed by atoms with Crippen molar-refractivity contribution in [3.05, 3.63) is 42.5 Å². The smallest absolute Gasteiger partial charge is 0.118 e. The van der Waals surface area contributed by atoms with E-state index in [4.69, 9.17) is 10.5 Å². The molecular formula is C11H15NO. The number of ether oxygens (including phenoxy) is 1. The minimum atomic E-state index is 0.0356. The number of nitrogens with two attached hydrogens (primary N) is 1. The molecule has 1 rings (SSSR count). The van der Waals surface area contributed by atoms with E-state index < -0.39 is 0 Å². The Kier molecular flexibility index (Phi) is 3.53. The first-order chi connectivity index (χ1) is 6.26. The molecule has 70 valence electrons. The highest BCUT2D eigenvalue weighted by Crippen LogP contribution is 2.12. The second kappa shape index (κ2) is 4.67. The highest BCUT2D eigenvalue weighted by molar-refractivity contribution is 5.27. The van der Waals surface area contributed by atoms with Gasteiger partial charge in [-0.2, -0.15) is 0 Å². The molecule has 0 aromatic heterocycles. The average Bonchev–Trinajstić information content (AvgIpc) is 2.19. The highest BCUT2D eigenvalue weighted by atomic mass is 16.5. The Bertz CT molecular complexity index is 266. The lowest BCUT2D eigenvalue weighted by Crippen LogP contribution is -2.19. The van der Waals surface area contributed by atoms with E-state index in [1.165, 1.54) is 5.56 Å². The van der Waals surface area contributed by atoms with Crippen LogP contribution in [-0.4, -0.2) is 13.2 Å². The molecule has 0 fully saturated rings. The van der Waals surface area contributed by atoms with Crippen molar-refractivity contribution in [2.45, 2.75) is 12.5 Å². The summed E-state index contributed by atoms with van der Waals surface area (Å²) in [5.41, 5.74) is 6.93. The first kappa shape index (κ1) is 9.81. The van der Waals surface area contributed by atoms with Gasteiger partial charge in [-0.15, -0.1) is 6.58 Å². The molecule has 1 aromatic carbocycles. The molecule has 0 saturated carbocycles. The topological polar surface area (TPSA) is 35.2 Å². The Morgan fingerprint density at radius 1 is 1.46 bits per heavy atom. The molecule has 0 aliphatic carbocycles. The second-order valence-electron chi connectivity index (χ2n) is 2.95. The summed E-state index contributed by atoms with van der Waals surface area (Å²) >= 11 is 0. The Morgan fingerprint density at radius 2 is 2.08 bits per heavy atom. The molecule has 0 heterocycles. The van der Waals surface area contributed by atoms with E-state index in [-0.39, 0.29) is 6.04 Å². The first-order valence-corrected chi connectivity index (χ1v) is 4.27. The van der Waals surface area contributed by atoms with Crippen LogP contribution in [0.1, 0.15) is 5.56 Å². The van der Waals surface area contributed by atoms with E-state index in [0.717, 1.165) is 12.2 Å². The predicted molar refractivity (Wildman–Crippen MR) is 54.9 cm³/mol. The molecule has 2 heteroatoms. The minimum Gasteiger partial charge on any atom is -0.497 e. The molecule has 0 amide bonds. The van der Waals surface area contributed by atoms with E-state index >= 15 is 0 Å². The molecule has 2 nitrogen and oxygen atoms in total. The summed E-state index contributed by atoms with van der Waals surface area (Å²) in [6.07, 6.45) is 2.58. The minimum absolute atomic E-state index is 0.0356. The maximum atomic E-state index is 5.73. The Labute approximate surface area is 79.0 Å². The summed E-state index contributed by atoms with van der Waals surface area (Å²) < 4.78 is 5.05. The highest BCUT2D eigenvalue weighted by Gasteiger charge is 1.99. The fourth-order valence-corrected chi connectivity index (χ4v) is 1.12. The third-order valence-electron chi connectivity index (χ3n) is 1.93. The van der Waals surface area contributed by atoms with Crippen LogP contribution in [0.5, 0.6) is 5.75 Å². The molecule has 1 atom stereocenters. The summed E-state index contributed by atoms with van der Waals surface area (Å²) in [5.74, 6) is 0.871. The normalized spacial score (nSPS) is 12.2. The van der Waals surface area contributed by atoms with E-state index in [1.807, 2.05) is 24.3 Å². The number of benzene rings is 1. The number of hydrogen-bond donors (Lipinski definition) is 1. The average molecular weight is 177 g/mol. The molecule has 2 N–H and O–H groups in total. The summed E-state index contributed by atoms with van der Waals surface area (Å²) in [6.45, 7) is 3.64. The molecule has 0 unspecified atom stereocenters. The zero-order chi connectivity index (χ0) is 9.68. The van der Waals surface area contributed by atoms with Crippen LogP contribution in [0.4, 0.5) is 0 Å². The van der Waals surface area contributed by atoms with Crippen molar-refractivity contribution in [2.75, 3.05) is 7.11 Å². The summed E-state index contributed by atoms with van der Waals surface area (Å²) in [5, 5.41) is 0. The van der Waals surface area contributed by atoms with Gasteiger partial charge in [0.05, 0.1) is 7.11 Å². The monoisotopic (exact) mass is 177 g/mol. The maximum Gasteiger partial charge on any atom is 0.118 e. The molecule has 0 radical (unpaired) electrons. The number of rotatable bonds is 4. The van der Waals surface area contributed by atoms with E-state index in [2.05, 4.69) is 6.58 Å². The Hall–Kier alpha value is -1.28. The van der Waals surface area contributed by atoms with Crippen LogP contribution in [0.25, 0.3) is 0 Å². The number of methoxy groups -OCH3 is 1. The lowest BCUT2D eigenvalue weighted by Gasteiger charge is -2.06. The summed E-state index contributed by atoms with van der Waals surface area (Å²) in [6, 6.07) is 7.94. The molecular weight excluding hydrogens is 162 g/mol. The second-order valence-corrected chi connectivity index (χ2v) is 2.95. The third-order valence-corrected chi connectivity index (χ3v) is 1.93. The van der Waals surface area contributed by atoms with Crippen LogP contribution in [0.3, 0.4) is 0 Å². The molecule has 0 aliphatic heterocycles. The van der Waals surface area contributed by atoms with Gasteiger partial charge in [0, 0.05) is 6.04 Å². The van der Waals surface area contributed by atoms with Gasteiger partial charge in [-0.25, -0.2) is 0 Å². The maximum absolute atomic E-state index is 5.73. The van der Waals surface area contributed by atoms with Gasteiger partial charge in [0.25, 0.3) is 0 Å². The van der Waals surface area contributed by atoms with Crippen LogP contribution < -0.4 is 10.5 Å². The van der Waals surface area contributed by atoms with Crippen LogP contribution >= 0.6 is 0 Å². The predicted octanol–water partition coefficient (Wildman–Crippen LogP) is 1.75. The van der Waals surface area contributed by atoms with Gasteiger partial charge in [0.2, 0.25) is 0 Å². The largest absolute Gasteiger partial charge is 0.497 e. The molecule has 0 spiro atoms. The van der Waals surface area contributed by atoms with Crippen LogP contribution in [0.15, 0.2) is 36.9 Å². The lowest BCUT2D eigenvalue weighted by molar-refractivity contribution is 0.414. The van der Waals surface area contributed by atoms with Gasteiger partial charge in [-0.05, 0) is 24.1 Å². The van der Waals surface area contributed by atoms with Crippen LogP contribution in [-0.2, 0) is 6.42 Å². The van der Waals surface area contributed by atoms with Crippen LogP contribution in [0, 0.1) is 0 Å². The first-order valence-electron chi connectivity index (χ1n) is 4.27. The molecule has 0 aliphatic rings. The SMILES string of the molecule is C=C[C@H](N)Cc1ccc(OC)cc1. The van der Waals surface area contributed by atoms with Gasteiger partial charge in [0.15, 0.2) is 0 Å². The molecule has 1 aromatic rings. The summed E-state index contributed by atoms with van der Waals surface area (Å²) in [7, 11) is 1.66. The molecule has 13 heavy (non-hydrogen) atoms. The molecule has 0 saturated heterocycles. The van der Waals surface area contributed by atoms with E-state index in [0.29, 0.717) is 0 Å².